The molecule has 0 bridgehead atoms. The molecular weight excluding hydrogens is 330 g/mol. The molecule has 6 heteroatoms. The molecular formula is C20H31N3O3. The highest BCUT2D eigenvalue weighted by molar-refractivity contribution is 5.82. The van der Waals surface area contributed by atoms with Gasteiger partial charge >= 0.3 is 0 Å². The predicted molar refractivity (Wildman–Crippen MR) is 102 cm³/mol. The first-order valence-corrected chi connectivity index (χ1v) is 9.23. The van der Waals surface area contributed by atoms with Gasteiger partial charge in [-0.2, -0.15) is 0 Å². The Balaban J connectivity index is 1.87. The molecule has 1 unspecified atom stereocenters. The summed E-state index contributed by atoms with van der Waals surface area (Å²) < 4.78 is 5.54. The Labute approximate surface area is 156 Å². The van der Waals surface area contributed by atoms with Crippen molar-refractivity contribution < 1.29 is 14.3 Å². The summed E-state index contributed by atoms with van der Waals surface area (Å²) >= 11 is 0. The Morgan fingerprint density at radius 2 is 2.00 bits per heavy atom. The quantitative estimate of drug-likeness (QED) is 0.803. The van der Waals surface area contributed by atoms with E-state index in [1.807, 2.05) is 37.4 Å². The second kappa shape index (κ2) is 9.03. The first kappa shape index (κ1) is 20.2. The number of nitrogens with zero attached hydrogens (tertiary/aromatic N) is 2. The van der Waals surface area contributed by atoms with Crippen molar-refractivity contribution in [3.05, 3.63) is 30.3 Å². The highest BCUT2D eigenvalue weighted by atomic mass is 16.5. The molecule has 1 aliphatic heterocycles. The van der Waals surface area contributed by atoms with Gasteiger partial charge in [0.05, 0.1) is 5.92 Å². The number of amides is 2. The van der Waals surface area contributed by atoms with Crippen LogP contribution in [0.15, 0.2) is 30.3 Å². The van der Waals surface area contributed by atoms with Gasteiger partial charge in [0.25, 0.3) is 5.91 Å². The first-order chi connectivity index (χ1) is 12.3. The molecule has 1 fully saturated rings. The van der Waals surface area contributed by atoms with Gasteiger partial charge in [-0.3, -0.25) is 9.59 Å². The standard InChI is InChI=1S/C20H31N3O3/c1-20(2,14-21)15-22(3)19(25)16-8-7-11-23(12-16)18(24)13-26-17-9-5-4-6-10-17/h4-6,9-10,16H,7-8,11-15,21H2,1-3H3. The number of nitrogens with two attached hydrogens (primary N) is 1. The molecule has 0 spiro atoms. The van der Waals surface area contributed by atoms with Gasteiger partial charge in [-0.25, -0.2) is 0 Å². The van der Waals surface area contributed by atoms with E-state index < -0.39 is 0 Å². The molecule has 1 aromatic rings. The third-order valence-electron chi connectivity index (χ3n) is 4.82. The smallest absolute Gasteiger partial charge is 0.260 e. The van der Waals surface area contributed by atoms with E-state index in [1.54, 1.807) is 9.80 Å². The maximum Gasteiger partial charge on any atom is 0.260 e. The average Bonchev–Trinajstić information content (AvgIpc) is 2.66. The number of benzene rings is 1. The summed E-state index contributed by atoms with van der Waals surface area (Å²) in [6.45, 7) is 6.38. The lowest BCUT2D eigenvalue weighted by molar-refractivity contribution is -0.141. The molecule has 0 aliphatic carbocycles. The molecule has 26 heavy (non-hydrogen) atoms. The lowest BCUT2D eigenvalue weighted by atomic mass is 9.91. The number of likely N-dealkylation sites (tertiary alicyclic amines) is 1. The molecule has 144 valence electrons. The minimum Gasteiger partial charge on any atom is -0.484 e. The van der Waals surface area contributed by atoms with Gasteiger partial charge < -0.3 is 20.3 Å². The molecule has 1 heterocycles. The van der Waals surface area contributed by atoms with Crippen LogP contribution in [0.2, 0.25) is 0 Å². The van der Waals surface area contributed by atoms with E-state index in [1.165, 1.54) is 0 Å². The Morgan fingerprint density at radius 1 is 1.31 bits per heavy atom. The molecule has 0 saturated carbocycles. The molecule has 0 aromatic heterocycles. The van der Waals surface area contributed by atoms with Gasteiger partial charge in [-0.05, 0) is 36.9 Å². The van der Waals surface area contributed by atoms with Crippen molar-refractivity contribution >= 4 is 11.8 Å². The van der Waals surface area contributed by atoms with Gasteiger partial charge in [0, 0.05) is 26.7 Å². The molecule has 0 radical (unpaired) electrons. The van der Waals surface area contributed by atoms with E-state index in [-0.39, 0.29) is 29.8 Å². The van der Waals surface area contributed by atoms with Crippen LogP contribution in [0.1, 0.15) is 26.7 Å². The zero-order valence-electron chi connectivity index (χ0n) is 16.1. The number of para-hydroxylation sites is 1. The van der Waals surface area contributed by atoms with E-state index in [4.69, 9.17) is 10.5 Å². The number of piperidine rings is 1. The summed E-state index contributed by atoms with van der Waals surface area (Å²) in [7, 11) is 1.82. The molecule has 1 aliphatic rings. The fraction of sp³-hybridized carbons (Fsp3) is 0.600. The highest BCUT2D eigenvalue weighted by Gasteiger charge is 2.31. The lowest BCUT2D eigenvalue weighted by Crippen LogP contribution is -2.49. The summed E-state index contributed by atoms with van der Waals surface area (Å²) in [6, 6.07) is 9.29. The second-order valence-electron chi connectivity index (χ2n) is 7.84. The maximum atomic E-state index is 12.8. The molecule has 1 saturated heterocycles. The average molecular weight is 361 g/mol. The van der Waals surface area contributed by atoms with E-state index in [9.17, 15) is 9.59 Å². The number of ether oxygens (including phenoxy) is 1. The van der Waals surface area contributed by atoms with Gasteiger partial charge in [0.15, 0.2) is 6.61 Å². The number of hydrogen-bond donors (Lipinski definition) is 1. The molecule has 1 atom stereocenters. The Kier molecular flexibility index (Phi) is 7.03. The van der Waals surface area contributed by atoms with Gasteiger partial charge in [0.1, 0.15) is 5.75 Å². The Morgan fingerprint density at radius 3 is 2.65 bits per heavy atom. The van der Waals surface area contributed by atoms with E-state index in [0.717, 1.165) is 12.8 Å². The fourth-order valence-corrected chi connectivity index (χ4v) is 3.25. The predicted octanol–water partition coefficient (Wildman–Crippen LogP) is 1.75. The van der Waals surface area contributed by atoms with Crippen LogP contribution in [0.5, 0.6) is 5.75 Å². The largest absolute Gasteiger partial charge is 0.484 e. The summed E-state index contributed by atoms with van der Waals surface area (Å²) in [6.07, 6.45) is 1.65. The topological polar surface area (TPSA) is 75.9 Å². The number of hydrogen-bond acceptors (Lipinski definition) is 4. The summed E-state index contributed by atoms with van der Waals surface area (Å²) in [5, 5.41) is 0. The van der Waals surface area contributed by atoms with E-state index in [2.05, 4.69) is 13.8 Å². The highest BCUT2D eigenvalue weighted by Crippen LogP contribution is 2.21. The molecule has 6 nitrogen and oxygen atoms in total. The van der Waals surface area contributed by atoms with Crippen LogP contribution < -0.4 is 10.5 Å². The van der Waals surface area contributed by atoms with E-state index >= 15 is 0 Å². The first-order valence-electron chi connectivity index (χ1n) is 9.23. The third kappa shape index (κ3) is 5.73. The normalized spacial score (nSPS) is 17.7. The lowest BCUT2D eigenvalue weighted by Gasteiger charge is -2.36. The van der Waals surface area contributed by atoms with Gasteiger partial charge in [-0.15, -0.1) is 0 Å². The van der Waals surface area contributed by atoms with Crippen molar-refractivity contribution in [1.82, 2.24) is 9.80 Å². The van der Waals surface area contributed by atoms with Crippen LogP contribution in [-0.4, -0.2) is 61.4 Å². The van der Waals surface area contributed by atoms with Gasteiger partial charge in [0.2, 0.25) is 5.91 Å². The van der Waals surface area contributed by atoms with Crippen LogP contribution >= 0.6 is 0 Å². The van der Waals surface area contributed by atoms with Crippen molar-refractivity contribution in [3.8, 4) is 5.75 Å². The van der Waals surface area contributed by atoms with Crippen molar-refractivity contribution in [1.29, 1.82) is 0 Å². The van der Waals surface area contributed by atoms with Crippen molar-refractivity contribution in [2.45, 2.75) is 26.7 Å². The Bertz CT molecular complexity index is 604. The second-order valence-corrected chi connectivity index (χ2v) is 7.84. The summed E-state index contributed by atoms with van der Waals surface area (Å²) in [5.41, 5.74) is 5.66. The minimum atomic E-state index is -0.150. The van der Waals surface area contributed by atoms with Gasteiger partial charge in [-0.1, -0.05) is 32.0 Å². The molecule has 1 aromatic carbocycles. The van der Waals surface area contributed by atoms with Crippen LogP contribution in [0.4, 0.5) is 0 Å². The van der Waals surface area contributed by atoms with Crippen LogP contribution in [-0.2, 0) is 9.59 Å². The Hall–Kier alpha value is -2.08. The van der Waals surface area contributed by atoms with Crippen LogP contribution in [0.3, 0.4) is 0 Å². The zero-order chi connectivity index (χ0) is 19.2. The van der Waals surface area contributed by atoms with Crippen molar-refractivity contribution in [2.75, 3.05) is 39.8 Å². The summed E-state index contributed by atoms with van der Waals surface area (Å²) in [5.74, 6) is 0.543. The van der Waals surface area contributed by atoms with Crippen LogP contribution in [0, 0.1) is 11.3 Å². The minimum absolute atomic E-state index is 0.000960. The molecule has 2 rings (SSSR count). The fourth-order valence-electron chi connectivity index (χ4n) is 3.25. The van der Waals surface area contributed by atoms with E-state index in [0.29, 0.717) is 31.9 Å². The van der Waals surface area contributed by atoms with Crippen molar-refractivity contribution in [2.24, 2.45) is 17.1 Å². The third-order valence-corrected chi connectivity index (χ3v) is 4.82. The molecule has 2 N–H and O–H groups in total. The molecule has 2 amide bonds. The number of rotatable bonds is 7. The zero-order valence-corrected chi connectivity index (χ0v) is 16.1. The monoisotopic (exact) mass is 361 g/mol. The number of carbonyl (C=O) groups excluding carboxylic acids is 2. The summed E-state index contributed by atoms with van der Waals surface area (Å²) in [4.78, 5) is 28.7. The number of carbonyl (C=O) groups is 2. The van der Waals surface area contributed by atoms with Crippen LogP contribution in [0.25, 0.3) is 0 Å². The maximum absolute atomic E-state index is 12.8. The SMILES string of the molecule is CN(CC(C)(C)CN)C(=O)C1CCCN(C(=O)COc2ccccc2)C1. The van der Waals surface area contributed by atoms with Crippen molar-refractivity contribution in [3.63, 3.8) is 0 Å².